The summed E-state index contributed by atoms with van der Waals surface area (Å²) >= 11 is 0. The Morgan fingerprint density at radius 1 is 0.909 bits per heavy atom. The highest BCUT2D eigenvalue weighted by molar-refractivity contribution is 5.07. The molecule has 0 rings (SSSR count). The maximum Gasteiger partial charge on any atom is 0.0101 e. The summed E-state index contributed by atoms with van der Waals surface area (Å²) in [5.41, 5.74) is 2.09. The first-order valence-corrected chi connectivity index (χ1v) is 4.09. The number of rotatable bonds is 4. The van der Waals surface area contributed by atoms with Crippen LogP contribution in [0.4, 0.5) is 0 Å². The van der Waals surface area contributed by atoms with E-state index in [-0.39, 0.29) is 0 Å². The summed E-state index contributed by atoms with van der Waals surface area (Å²) in [6.45, 7) is 16.3. The summed E-state index contributed by atoms with van der Waals surface area (Å²) < 4.78 is 0. The van der Waals surface area contributed by atoms with Gasteiger partial charge in [0.2, 0.25) is 0 Å². The van der Waals surface area contributed by atoms with Crippen LogP contribution in [0.15, 0.2) is 24.6 Å². The Bertz CT molecular complexity index is 136. The van der Waals surface area contributed by atoms with E-state index in [1.165, 1.54) is 0 Å². The van der Waals surface area contributed by atoms with E-state index in [1.54, 1.807) is 0 Å². The second-order valence-electron chi connectivity index (χ2n) is 3.48. The van der Waals surface area contributed by atoms with Gasteiger partial charge in [0.15, 0.2) is 0 Å². The van der Waals surface area contributed by atoms with Gasteiger partial charge in [0.1, 0.15) is 0 Å². The van der Waals surface area contributed by atoms with Gasteiger partial charge in [-0.2, -0.15) is 0 Å². The zero-order chi connectivity index (χ0) is 9.02. The number of allylic oxidation sites excluding steroid dienone is 2. The summed E-state index contributed by atoms with van der Waals surface area (Å²) in [7, 11) is 0. The Balaban J connectivity index is 3.86. The van der Waals surface area contributed by atoms with Crippen LogP contribution in [0, 0.1) is 11.8 Å². The van der Waals surface area contributed by atoms with Crippen LogP contribution in [-0.4, -0.2) is 0 Å². The molecule has 0 amide bonds. The minimum absolute atomic E-state index is 0.477. The predicted molar refractivity (Wildman–Crippen MR) is 51.1 cm³/mol. The summed E-state index contributed by atoms with van der Waals surface area (Å²) in [5, 5.41) is 3.19. The quantitative estimate of drug-likeness (QED) is 0.654. The van der Waals surface area contributed by atoms with Gasteiger partial charge in [-0.1, -0.05) is 40.9 Å². The van der Waals surface area contributed by atoms with Gasteiger partial charge in [0.05, 0.1) is 0 Å². The monoisotopic (exact) mass is 153 g/mol. The van der Waals surface area contributed by atoms with E-state index in [1.807, 2.05) is 0 Å². The van der Waals surface area contributed by atoms with Gasteiger partial charge >= 0.3 is 0 Å². The van der Waals surface area contributed by atoms with Gasteiger partial charge in [-0.05, 0) is 11.8 Å². The van der Waals surface area contributed by atoms with Crippen LogP contribution in [-0.2, 0) is 0 Å². The zero-order valence-electron chi connectivity index (χ0n) is 8.07. The van der Waals surface area contributed by atoms with Gasteiger partial charge in [-0.15, -0.1) is 0 Å². The van der Waals surface area contributed by atoms with Crippen molar-refractivity contribution in [3.63, 3.8) is 0 Å². The Morgan fingerprint density at radius 2 is 1.18 bits per heavy atom. The average molecular weight is 153 g/mol. The Labute approximate surface area is 70.2 Å². The molecule has 1 nitrogen and oxygen atoms in total. The van der Waals surface area contributed by atoms with Crippen molar-refractivity contribution in [1.29, 1.82) is 0 Å². The molecule has 0 radical (unpaired) electrons. The van der Waals surface area contributed by atoms with Crippen molar-refractivity contribution in [2.75, 3.05) is 0 Å². The maximum atomic E-state index is 3.90. The van der Waals surface area contributed by atoms with Crippen LogP contribution >= 0.6 is 0 Å². The Kier molecular flexibility index (Phi) is 3.94. The third-order valence-electron chi connectivity index (χ3n) is 1.71. The molecule has 64 valence electrons. The maximum absolute atomic E-state index is 3.90. The van der Waals surface area contributed by atoms with Crippen molar-refractivity contribution < 1.29 is 0 Å². The molecule has 0 aliphatic rings. The summed E-state index contributed by atoms with van der Waals surface area (Å²) in [6, 6.07) is 0. The van der Waals surface area contributed by atoms with Crippen LogP contribution in [0.1, 0.15) is 27.7 Å². The fraction of sp³-hybridized carbons (Fsp3) is 0.600. The molecule has 11 heavy (non-hydrogen) atoms. The highest BCUT2D eigenvalue weighted by Gasteiger charge is 2.03. The summed E-state index contributed by atoms with van der Waals surface area (Å²) in [4.78, 5) is 0. The average Bonchev–Trinajstić information content (AvgIpc) is 1.87. The second-order valence-corrected chi connectivity index (χ2v) is 3.48. The smallest absolute Gasteiger partial charge is 0.0101 e. The molecule has 0 saturated carbocycles. The molecule has 0 aromatic carbocycles. The van der Waals surface area contributed by atoms with Crippen molar-refractivity contribution in [3.05, 3.63) is 24.6 Å². The van der Waals surface area contributed by atoms with Crippen molar-refractivity contribution in [3.8, 4) is 0 Å². The minimum atomic E-state index is 0.477. The zero-order valence-corrected chi connectivity index (χ0v) is 8.07. The topological polar surface area (TPSA) is 12.0 Å². The third-order valence-corrected chi connectivity index (χ3v) is 1.71. The molecule has 0 bridgehead atoms. The largest absolute Gasteiger partial charge is 0.363 e. The molecule has 0 aliphatic carbocycles. The third kappa shape index (κ3) is 3.87. The van der Waals surface area contributed by atoms with E-state index in [0.717, 1.165) is 11.4 Å². The summed E-state index contributed by atoms with van der Waals surface area (Å²) in [5.74, 6) is 0.955. The number of nitrogens with one attached hydrogen (secondary N) is 1. The molecule has 1 heteroatoms. The fourth-order valence-electron chi connectivity index (χ4n) is 0.495. The first-order valence-electron chi connectivity index (χ1n) is 4.09. The lowest BCUT2D eigenvalue weighted by Crippen LogP contribution is -2.18. The van der Waals surface area contributed by atoms with Crippen molar-refractivity contribution in [2.24, 2.45) is 11.8 Å². The molecule has 0 atom stereocenters. The molecule has 0 unspecified atom stereocenters. The van der Waals surface area contributed by atoms with Crippen LogP contribution in [0.5, 0.6) is 0 Å². The van der Waals surface area contributed by atoms with E-state index < -0.39 is 0 Å². The van der Waals surface area contributed by atoms with Crippen molar-refractivity contribution in [2.45, 2.75) is 27.7 Å². The number of hydrogen-bond acceptors (Lipinski definition) is 1. The second kappa shape index (κ2) is 4.22. The van der Waals surface area contributed by atoms with E-state index in [4.69, 9.17) is 0 Å². The summed E-state index contributed by atoms with van der Waals surface area (Å²) in [6.07, 6.45) is 0. The molecule has 0 saturated heterocycles. The van der Waals surface area contributed by atoms with Crippen LogP contribution in [0.25, 0.3) is 0 Å². The van der Waals surface area contributed by atoms with E-state index >= 15 is 0 Å². The minimum Gasteiger partial charge on any atom is -0.363 e. The molecule has 0 aromatic heterocycles. The van der Waals surface area contributed by atoms with Crippen molar-refractivity contribution in [1.82, 2.24) is 5.32 Å². The molecular formula is C10H19N. The molecule has 0 aromatic rings. The van der Waals surface area contributed by atoms with Gasteiger partial charge in [-0.25, -0.2) is 0 Å². The molecule has 1 N–H and O–H groups in total. The van der Waals surface area contributed by atoms with Crippen LogP contribution < -0.4 is 5.32 Å². The first kappa shape index (κ1) is 10.3. The van der Waals surface area contributed by atoms with E-state index in [2.05, 4.69) is 46.2 Å². The molecule has 0 aliphatic heterocycles. The van der Waals surface area contributed by atoms with Gasteiger partial charge in [0, 0.05) is 11.4 Å². The Hall–Kier alpha value is -0.720. The highest BCUT2D eigenvalue weighted by Crippen LogP contribution is 2.09. The normalized spacial score (nSPS) is 10.4. The van der Waals surface area contributed by atoms with E-state index in [0.29, 0.717) is 11.8 Å². The predicted octanol–water partition coefficient (Wildman–Crippen LogP) is 2.92. The first-order chi connectivity index (χ1) is 4.95. The lowest BCUT2D eigenvalue weighted by molar-refractivity contribution is 0.642. The standard InChI is InChI=1S/C10H19N/c1-7(2)9(5)11-10(6)8(3)4/h7-8,11H,5-6H2,1-4H3. The highest BCUT2D eigenvalue weighted by atomic mass is 14.9. The van der Waals surface area contributed by atoms with Crippen LogP contribution in [0.2, 0.25) is 0 Å². The lowest BCUT2D eigenvalue weighted by atomic mass is 10.1. The fourth-order valence-corrected chi connectivity index (χ4v) is 0.495. The van der Waals surface area contributed by atoms with Gasteiger partial charge in [-0.3, -0.25) is 0 Å². The molecular weight excluding hydrogens is 134 g/mol. The van der Waals surface area contributed by atoms with Crippen molar-refractivity contribution >= 4 is 0 Å². The molecule has 0 heterocycles. The molecule has 0 spiro atoms. The van der Waals surface area contributed by atoms with Gasteiger partial charge < -0.3 is 5.32 Å². The SMILES string of the molecule is C=C(NC(=C)C(C)C)C(C)C. The van der Waals surface area contributed by atoms with Gasteiger partial charge in [0.25, 0.3) is 0 Å². The lowest BCUT2D eigenvalue weighted by Gasteiger charge is -2.16. The Morgan fingerprint density at radius 3 is 1.36 bits per heavy atom. The molecule has 0 fully saturated rings. The van der Waals surface area contributed by atoms with Crippen LogP contribution in [0.3, 0.4) is 0 Å². The number of hydrogen-bond donors (Lipinski definition) is 1. The van der Waals surface area contributed by atoms with E-state index in [9.17, 15) is 0 Å².